The molecule has 1 aliphatic rings. The van der Waals surface area contributed by atoms with Crippen LogP contribution in [0.4, 0.5) is 0 Å². The van der Waals surface area contributed by atoms with Gasteiger partial charge in [-0.15, -0.1) is 0 Å². The average molecular weight is 883 g/mol. The topological polar surface area (TPSA) is 175 Å². The molecule has 1 fully saturated rings. The van der Waals surface area contributed by atoms with Gasteiger partial charge in [0.15, 0.2) is 0 Å². The van der Waals surface area contributed by atoms with E-state index in [0.29, 0.717) is 85.0 Å². The largest absolute Gasteiger partial charge is 0.491 e. The van der Waals surface area contributed by atoms with Crippen molar-refractivity contribution in [2.24, 2.45) is 0 Å². The van der Waals surface area contributed by atoms with E-state index in [1.165, 1.54) is 21.3 Å². The molecule has 2 unspecified atom stereocenters. The minimum atomic E-state index is -0.992. The Morgan fingerprint density at radius 1 is 0.645 bits per heavy atom. The molecule has 1 aromatic carbocycles. The highest BCUT2D eigenvalue weighted by molar-refractivity contribution is 5.76. The van der Waals surface area contributed by atoms with Crippen LogP contribution in [0.3, 0.4) is 0 Å². The second kappa shape index (κ2) is 29.2. The summed E-state index contributed by atoms with van der Waals surface area (Å²) < 4.78 is 44.6. The third-order valence-electron chi connectivity index (χ3n) is 10.5. The average Bonchev–Trinajstić information content (AvgIpc) is 3.23. The Bertz CT molecular complexity index is 1420. The van der Waals surface area contributed by atoms with Gasteiger partial charge in [-0.3, -0.25) is 34.0 Å². The van der Waals surface area contributed by atoms with Crippen LogP contribution in [0.1, 0.15) is 66.9 Å². The number of aryl methyl sites for hydroxylation is 1. The zero-order chi connectivity index (χ0) is 46.1. The van der Waals surface area contributed by atoms with Crippen molar-refractivity contribution in [3.63, 3.8) is 0 Å². The quantitative estimate of drug-likeness (QED) is 0.0656. The van der Waals surface area contributed by atoms with Crippen molar-refractivity contribution in [1.82, 2.24) is 19.6 Å². The van der Waals surface area contributed by atoms with Crippen molar-refractivity contribution in [3.05, 3.63) is 29.8 Å². The number of benzene rings is 1. The molecule has 62 heavy (non-hydrogen) atoms. The van der Waals surface area contributed by atoms with Gasteiger partial charge in [-0.25, -0.2) is 0 Å². The molecule has 1 aliphatic heterocycles. The predicted molar refractivity (Wildman–Crippen MR) is 234 cm³/mol. The molecule has 17 nitrogen and oxygen atoms in total. The van der Waals surface area contributed by atoms with Gasteiger partial charge in [0, 0.05) is 59.0 Å². The summed E-state index contributed by atoms with van der Waals surface area (Å²) in [7, 11) is 3.98. The van der Waals surface area contributed by atoms with E-state index in [4.69, 9.17) is 37.9 Å². The van der Waals surface area contributed by atoms with Crippen LogP contribution in [0.25, 0.3) is 0 Å². The number of aliphatic hydroxyl groups is 1. The number of hydrogen-bond donors (Lipinski definition) is 1. The summed E-state index contributed by atoms with van der Waals surface area (Å²) in [6, 6.07) is 4.79. The number of esters is 3. The summed E-state index contributed by atoms with van der Waals surface area (Å²) in [6.07, 6.45) is 2.71. The number of ether oxygens (including phenoxy) is 8. The molecule has 1 N–H and O–H groups in total. The first-order valence-electron chi connectivity index (χ1n) is 21.9. The van der Waals surface area contributed by atoms with Crippen LogP contribution in [0.15, 0.2) is 24.3 Å². The standard InChI is InChI=1S/C45H78N4O13/c1-11-58-27-28-59-29-30-60-37-17-15-35(16-18-37)13-12-14-38(41(52)55-8)47-21-19-46(36(31-50)33-61-44(2,3)4)20-22-48(39(32-51)42(53)56-9)24-26-49(25-23-47)40(43(54)57-10)34-62-45(5,6)7/h15-18,31,36,38-40,51H,11-14,19-30,32-34H2,1-10H3/t36?,38?,39-,40-/m1/s1. The van der Waals surface area contributed by atoms with Crippen molar-refractivity contribution in [1.29, 1.82) is 0 Å². The number of aldehydes is 1. The van der Waals surface area contributed by atoms with E-state index in [1.807, 2.05) is 87.4 Å². The molecule has 1 aromatic rings. The van der Waals surface area contributed by atoms with Crippen molar-refractivity contribution in [3.8, 4) is 5.75 Å². The van der Waals surface area contributed by atoms with Crippen LogP contribution < -0.4 is 4.74 Å². The molecular formula is C45H78N4O13. The SMILES string of the molecule is CCOCCOCCOc1ccc(CCCC(C(=O)OC)N2CCN(C(C=O)COC(C)(C)C)CCN([C@H](CO)C(=O)OC)CCN([C@H](COC(C)(C)C)C(=O)OC)CC2)cc1. The van der Waals surface area contributed by atoms with Gasteiger partial charge in [0.25, 0.3) is 0 Å². The Morgan fingerprint density at radius 3 is 1.60 bits per heavy atom. The number of nitrogens with zero attached hydrogens (tertiary/aromatic N) is 4. The van der Waals surface area contributed by atoms with E-state index in [1.54, 1.807) is 0 Å². The predicted octanol–water partition coefficient (Wildman–Crippen LogP) is 2.48. The minimum absolute atomic E-state index is 0.0334. The number of hydrogen-bond acceptors (Lipinski definition) is 17. The highest BCUT2D eigenvalue weighted by atomic mass is 16.6. The Balaban J connectivity index is 2.45. The van der Waals surface area contributed by atoms with Crippen LogP contribution in [-0.2, 0) is 58.8 Å². The normalized spacial score (nSPS) is 17.8. The zero-order valence-electron chi connectivity index (χ0n) is 39.3. The van der Waals surface area contributed by atoms with Gasteiger partial charge < -0.3 is 47.8 Å². The van der Waals surface area contributed by atoms with E-state index in [-0.39, 0.29) is 38.8 Å². The van der Waals surface area contributed by atoms with E-state index in [0.717, 1.165) is 17.6 Å². The molecule has 1 heterocycles. The molecular weight excluding hydrogens is 805 g/mol. The van der Waals surface area contributed by atoms with E-state index >= 15 is 0 Å². The summed E-state index contributed by atoms with van der Waals surface area (Å²) in [4.78, 5) is 60.7. The van der Waals surface area contributed by atoms with Crippen molar-refractivity contribution in [2.45, 2.75) is 103 Å². The molecule has 356 valence electrons. The van der Waals surface area contributed by atoms with Gasteiger partial charge in [0.05, 0.1) is 78.2 Å². The maximum Gasteiger partial charge on any atom is 0.325 e. The fourth-order valence-electron chi connectivity index (χ4n) is 6.99. The van der Waals surface area contributed by atoms with Gasteiger partial charge in [-0.2, -0.15) is 0 Å². The highest BCUT2D eigenvalue weighted by Gasteiger charge is 2.35. The highest BCUT2D eigenvalue weighted by Crippen LogP contribution is 2.19. The second-order valence-corrected chi connectivity index (χ2v) is 17.2. The van der Waals surface area contributed by atoms with Gasteiger partial charge >= 0.3 is 17.9 Å². The number of rotatable bonds is 25. The van der Waals surface area contributed by atoms with Crippen molar-refractivity contribution in [2.75, 3.05) is 127 Å². The van der Waals surface area contributed by atoms with Crippen molar-refractivity contribution < 1.29 is 62.2 Å². The molecule has 0 amide bonds. The van der Waals surface area contributed by atoms with Crippen LogP contribution >= 0.6 is 0 Å². The first kappa shape index (κ1) is 54.9. The fourth-order valence-corrected chi connectivity index (χ4v) is 6.99. The third kappa shape index (κ3) is 20.9. The van der Waals surface area contributed by atoms with Crippen LogP contribution in [0.2, 0.25) is 0 Å². The lowest BCUT2D eigenvalue weighted by Crippen LogP contribution is -2.57. The summed E-state index contributed by atoms with van der Waals surface area (Å²) in [5.41, 5.74) is 0.0306. The maximum absolute atomic E-state index is 13.7. The van der Waals surface area contributed by atoms with Crippen LogP contribution in [0.5, 0.6) is 5.75 Å². The van der Waals surface area contributed by atoms with Crippen LogP contribution in [0, 0.1) is 0 Å². The Morgan fingerprint density at radius 2 is 1.10 bits per heavy atom. The van der Waals surface area contributed by atoms with Gasteiger partial charge in [0.2, 0.25) is 0 Å². The molecule has 0 radical (unpaired) electrons. The molecule has 1 saturated heterocycles. The summed E-state index contributed by atoms with van der Waals surface area (Å²) >= 11 is 0. The Labute approximate surface area is 370 Å². The maximum atomic E-state index is 13.7. The smallest absolute Gasteiger partial charge is 0.325 e. The summed E-state index contributed by atoms with van der Waals surface area (Å²) in [5, 5.41) is 10.4. The lowest BCUT2D eigenvalue weighted by molar-refractivity contribution is -0.154. The molecule has 0 bridgehead atoms. The third-order valence-corrected chi connectivity index (χ3v) is 10.5. The molecule has 0 spiro atoms. The lowest BCUT2D eigenvalue weighted by atomic mass is 10.0. The number of aliphatic hydroxyl groups excluding tert-OH is 1. The lowest BCUT2D eigenvalue weighted by Gasteiger charge is -2.40. The Hall–Kier alpha value is -3.26. The van der Waals surface area contributed by atoms with Crippen LogP contribution in [-0.4, -0.2) is 211 Å². The second-order valence-electron chi connectivity index (χ2n) is 17.2. The first-order chi connectivity index (χ1) is 29.5. The number of carbonyl (C=O) groups excluding carboxylic acids is 4. The summed E-state index contributed by atoms with van der Waals surface area (Å²) in [6.45, 7) is 18.1. The van der Waals surface area contributed by atoms with Gasteiger partial charge in [0.1, 0.15) is 36.8 Å². The van der Waals surface area contributed by atoms with E-state index < -0.39 is 53.9 Å². The molecule has 2 rings (SSSR count). The molecule has 17 heteroatoms. The van der Waals surface area contributed by atoms with Gasteiger partial charge in [-0.05, 0) is 85.4 Å². The van der Waals surface area contributed by atoms with E-state index in [2.05, 4.69) is 4.90 Å². The number of carbonyl (C=O) groups is 4. The molecule has 4 atom stereocenters. The van der Waals surface area contributed by atoms with Crippen molar-refractivity contribution >= 4 is 24.2 Å². The monoisotopic (exact) mass is 883 g/mol. The molecule has 0 aliphatic carbocycles. The van der Waals surface area contributed by atoms with Gasteiger partial charge in [-0.1, -0.05) is 12.1 Å². The Kier molecular flexibility index (Phi) is 25.9. The zero-order valence-corrected chi connectivity index (χ0v) is 39.3. The minimum Gasteiger partial charge on any atom is -0.491 e. The molecule has 0 saturated carbocycles. The number of methoxy groups -OCH3 is 3. The molecule has 0 aromatic heterocycles. The first-order valence-corrected chi connectivity index (χ1v) is 21.9. The van der Waals surface area contributed by atoms with E-state index in [9.17, 15) is 24.3 Å². The fraction of sp³-hybridized carbons (Fsp3) is 0.778. The summed E-state index contributed by atoms with van der Waals surface area (Å²) in [5.74, 6) is -0.742.